The highest BCUT2D eigenvalue weighted by atomic mass is 16.5. The summed E-state index contributed by atoms with van der Waals surface area (Å²) >= 11 is 0. The van der Waals surface area contributed by atoms with Gasteiger partial charge < -0.3 is 19.7 Å². The third kappa shape index (κ3) is 2.87. The summed E-state index contributed by atoms with van der Waals surface area (Å²) in [4.78, 5) is 10.5. The average molecular weight is 226 g/mol. The number of benzene rings is 1. The minimum atomic E-state index is -1.43. The van der Waals surface area contributed by atoms with E-state index < -0.39 is 12.1 Å². The minimum Gasteiger partial charge on any atom is -0.497 e. The second kappa shape index (κ2) is 5.37. The highest BCUT2D eigenvalue weighted by Gasteiger charge is 2.16. The van der Waals surface area contributed by atoms with E-state index in [0.717, 1.165) is 0 Å². The van der Waals surface area contributed by atoms with Crippen LogP contribution in [0.2, 0.25) is 0 Å². The molecule has 1 aromatic rings. The van der Waals surface area contributed by atoms with E-state index in [1.165, 1.54) is 14.2 Å². The van der Waals surface area contributed by atoms with E-state index in [1.807, 2.05) is 0 Å². The molecule has 0 bridgehead atoms. The van der Waals surface area contributed by atoms with Crippen molar-refractivity contribution in [3.05, 3.63) is 23.8 Å². The monoisotopic (exact) mass is 226 g/mol. The molecule has 0 radical (unpaired) electrons. The van der Waals surface area contributed by atoms with Gasteiger partial charge in [-0.25, -0.2) is 4.79 Å². The molecule has 0 aromatic heterocycles. The normalized spacial score (nSPS) is 11.9. The molecule has 0 saturated heterocycles. The first-order chi connectivity index (χ1) is 7.58. The lowest BCUT2D eigenvalue weighted by Gasteiger charge is -2.11. The van der Waals surface area contributed by atoms with Crippen LogP contribution in [-0.2, 0) is 11.2 Å². The van der Waals surface area contributed by atoms with E-state index in [9.17, 15) is 9.90 Å². The van der Waals surface area contributed by atoms with E-state index in [0.29, 0.717) is 17.1 Å². The number of carbonyl (C=O) groups is 1. The molecule has 1 aromatic carbocycles. The number of hydrogen-bond acceptors (Lipinski definition) is 4. The summed E-state index contributed by atoms with van der Waals surface area (Å²) in [5, 5.41) is 17.8. The summed E-state index contributed by atoms with van der Waals surface area (Å²) in [6.07, 6.45) is -1.43. The number of rotatable bonds is 5. The molecule has 0 fully saturated rings. The third-order valence-electron chi connectivity index (χ3n) is 2.19. The molecular weight excluding hydrogens is 212 g/mol. The van der Waals surface area contributed by atoms with Gasteiger partial charge in [0.05, 0.1) is 14.2 Å². The van der Waals surface area contributed by atoms with Gasteiger partial charge in [-0.3, -0.25) is 0 Å². The minimum absolute atomic E-state index is 0.00248. The van der Waals surface area contributed by atoms with Gasteiger partial charge in [-0.2, -0.15) is 0 Å². The van der Waals surface area contributed by atoms with E-state index in [1.54, 1.807) is 18.2 Å². The van der Waals surface area contributed by atoms with Gasteiger partial charge in [0.15, 0.2) is 6.10 Å². The first-order valence-electron chi connectivity index (χ1n) is 4.70. The summed E-state index contributed by atoms with van der Waals surface area (Å²) in [5.74, 6) is -0.136. The van der Waals surface area contributed by atoms with Crippen LogP contribution in [-0.4, -0.2) is 36.5 Å². The SMILES string of the molecule is COc1ccc(C[C@@H](O)C(=O)O)c(OC)c1. The zero-order chi connectivity index (χ0) is 12.1. The van der Waals surface area contributed by atoms with Gasteiger partial charge in [-0.15, -0.1) is 0 Å². The standard InChI is InChI=1S/C11H14O5/c1-15-8-4-3-7(10(6-8)16-2)5-9(12)11(13)14/h3-4,6,9,12H,5H2,1-2H3,(H,13,14)/t9-/m1/s1. The molecule has 0 aliphatic carbocycles. The first kappa shape index (κ1) is 12.3. The summed E-state index contributed by atoms with van der Waals surface area (Å²) in [6, 6.07) is 5.00. The van der Waals surface area contributed by atoms with Crippen LogP contribution in [0.4, 0.5) is 0 Å². The summed E-state index contributed by atoms with van der Waals surface area (Å²) < 4.78 is 10.1. The molecule has 88 valence electrons. The molecule has 16 heavy (non-hydrogen) atoms. The van der Waals surface area contributed by atoms with Crippen molar-refractivity contribution in [2.24, 2.45) is 0 Å². The number of methoxy groups -OCH3 is 2. The number of hydrogen-bond donors (Lipinski definition) is 2. The molecule has 1 atom stereocenters. The van der Waals surface area contributed by atoms with Crippen molar-refractivity contribution in [1.82, 2.24) is 0 Å². The molecule has 5 heteroatoms. The fourth-order valence-corrected chi connectivity index (χ4v) is 1.32. The molecule has 0 heterocycles. The topological polar surface area (TPSA) is 76.0 Å². The summed E-state index contributed by atoms with van der Waals surface area (Å²) in [5.41, 5.74) is 0.623. The number of aliphatic hydroxyl groups excluding tert-OH is 1. The Morgan fingerprint density at radius 2 is 2.06 bits per heavy atom. The van der Waals surface area contributed by atoms with Crippen LogP contribution in [0.15, 0.2) is 18.2 Å². The van der Waals surface area contributed by atoms with Crippen molar-refractivity contribution in [3.63, 3.8) is 0 Å². The number of ether oxygens (including phenoxy) is 2. The fourth-order valence-electron chi connectivity index (χ4n) is 1.32. The van der Waals surface area contributed by atoms with Crippen LogP contribution in [0.3, 0.4) is 0 Å². The Hall–Kier alpha value is -1.75. The predicted molar refractivity (Wildman–Crippen MR) is 56.9 cm³/mol. The molecule has 0 aliphatic heterocycles. The zero-order valence-electron chi connectivity index (χ0n) is 9.14. The molecule has 0 spiro atoms. The smallest absolute Gasteiger partial charge is 0.332 e. The number of aliphatic carboxylic acids is 1. The molecular formula is C11H14O5. The van der Waals surface area contributed by atoms with Gasteiger partial charge in [-0.1, -0.05) is 6.07 Å². The van der Waals surface area contributed by atoms with Crippen LogP contribution >= 0.6 is 0 Å². The van der Waals surface area contributed by atoms with Gasteiger partial charge >= 0.3 is 5.97 Å². The third-order valence-corrected chi connectivity index (χ3v) is 2.19. The van der Waals surface area contributed by atoms with Crippen LogP contribution in [0, 0.1) is 0 Å². The largest absolute Gasteiger partial charge is 0.497 e. The van der Waals surface area contributed by atoms with Gasteiger partial charge in [0.25, 0.3) is 0 Å². The second-order valence-corrected chi connectivity index (χ2v) is 3.24. The number of carboxylic acid groups (broad SMARTS) is 1. The molecule has 0 aliphatic rings. The predicted octanol–water partition coefficient (Wildman–Crippen LogP) is 0.692. The molecule has 0 saturated carbocycles. The van der Waals surface area contributed by atoms with Crippen molar-refractivity contribution in [2.75, 3.05) is 14.2 Å². The Morgan fingerprint density at radius 3 is 2.56 bits per heavy atom. The second-order valence-electron chi connectivity index (χ2n) is 3.24. The lowest BCUT2D eigenvalue weighted by Crippen LogP contribution is -2.22. The fraction of sp³-hybridized carbons (Fsp3) is 0.364. The molecule has 0 unspecified atom stereocenters. The van der Waals surface area contributed by atoms with Gasteiger partial charge in [-0.05, 0) is 11.6 Å². The maximum absolute atomic E-state index is 10.5. The highest BCUT2D eigenvalue weighted by Crippen LogP contribution is 2.25. The van der Waals surface area contributed by atoms with Crippen molar-refractivity contribution in [1.29, 1.82) is 0 Å². The van der Waals surface area contributed by atoms with E-state index in [2.05, 4.69) is 0 Å². The average Bonchev–Trinajstić information content (AvgIpc) is 2.29. The Kier molecular flexibility index (Phi) is 4.13. The van der Waals surface area contributed by atoms with Crippen LogP contribution in [0.1, 0.15) is 5.56 Å². The van der Waals surface area contributed by atoms with E-state index in [-0.39, 0.29) is 6.42 Å². The molecule has 5 nitrogen and oxygen atoms in total. The lowest BCUT2D eigenvalue weighted by atomic mass is 10.1. The quantitative estimate of drug-likeness (QED) is 0.772. The van der Waals surface area contributed by atoms with Crippen LogP contribution in [0.25, 0.3) is 0 Å². The van der Waals surface area contributed by atoms with Gasteiger partial charge in [0.1, 0.15) is 11.5 Å². The Morgan fingerprint density at radius 1 is 1.38 bits per heavy atom. The Labute approximate surface area is 93.2 Å². The van der Waals surface area contributed by atoms with E-state index >= 15 is 0 Å². The highest BCUT2D eigenvalue weighted by molar-refractivity contribution is 5.72. The van der Waals surface area contributed by atoms with Crippen molar-refractivity contribution in [2.45, 2.75) is 12.5 Å². The van der Waals surface area contributed by atoms with E-state index in [4.69, 9.17) is 14.6 Å². The van der Waals surface area contributed by atoms with Crippen LogP contribution < -0.4 is 9.47 Å². The van der Waals surface area contributed by atoms with Gasteiger partial charge in [0.2, 0.25) is 0 Å². The number of aliphatic hydroxyl groups is 1. The first-order valence-corrected chi connectivity index (χ1v) is 4.70. The lowest BCUT2D eigenvalue weighted by molar-refractivity contribution is -0.146. The Bertz CT molecular complexity index is 375. The Balaban J connectivity index is 2.91. The molecule has 0 amide bonds. The zero-order valence-corrected chi connectivity index (χ0v) is 9.14. The van der Waals surface area contributed by atoms with Crippen molar-refractivity contribution < 1.29 is 24.5 Å². The number of carboxylic acids is 1. The summed E-state index contributed by atoms with van der Waals surface area (Å²) in [7, 11) is 3.01. The molecule has 1 rings (SSSR count). The summed E-state index contributed by atoms with van der Waals surface area (Å²) in [6.45, 7) is 0. The molecule has 2 N–H and O–H groups in total. The maximum Gasteiger partial charge on any atom is 0.332 e. The van der Waals surface area contributed by atoms with Crippen molar-refractivity contribution >= 4 is 5.97 Å². The van der Waals surface area contributed by atoms with Gasteiger partial charge in [0, 0.05) is 12.5 Å². The van der Waals surface area contributed by atoms with Crippen LogP contribution in [0.5, 0.6) is 11.5 Å². The maximum atomic E-state index is 10.5. The van der Waals surface area contributed by atoms with Crippen molar-refractivity contribution in [3.8, 4) is 11.5 Å².